The van der Waals surface area contributed by atoms with Gasteiger partial charge in [0.15, 0.2) is 0 Å². The number of hydrogen-bond acceptors (Lipinski definition) is 3. The van der Waals surface area contributed by atoms with Crippen LogP contribution in [0.25, 0.3) is 0 Å². The number of hydrogen-bond donors (Lipinski definition) is 2. The predicted molar refractivity (Wildman–Crippen MR) is 71.0 cm³/mol. The number of carbonyl (C=O) groups is 1. The molecular formula is C13H27N3O. The zero-order valence-corrected chi connectivity index (χ0v) is 11.5. The quantitative estimate of drug-likeness (QED) is 0.728. The van der Waals surface area contributed by atoms with Crippen LogP contribution in [0.1, 0.15) is 39.5 Å². The highest BCUT2D eigenvalue weighted by Gasteiger charge is 2.20. The van der Waals surface area contributed by atoms with Crippen LogP contribution in [0.4, 0.5) is 0 Å². The SMILES string of the molecule is CCC(CC)NC(=O)CN1CCC(NC)CC1. The van der Waals surface area contributed by atoms with Crippen LogP contribution < -0.4 is 10.6 Å². The smallest absolute Gasteiger partial charge is 0.234 e. The van der Waals surface area contributed by atoms with Gasteiger partial charge in [-0.05, 0) is 32.7 Å². The minimum Gasteiger partial charge on any atom is -0.352 e. The van der Waals surface area contributed by atoms with E-state index in [0.29, 0.717) is 18.6 Å². The van der Waals surface area contributed by atoms with Crippen LogP contribution in [0.5, 0.6) is 0 Å². The Bertz CT molecular complexity index is 221. The normalized spacial score (nSPS) is 18.6. The highest BCUT2D eigenvalue weighted by molar-refractivity contribution is 5.78. The molecule has 0 spiro atoms. The minimum absolute atomic E-state index is 0.182. The van der Waals surface area contributed by atoms with E-state index in [9.17, 15) is 4.79 Å². The first kappa shape index (κ1) is 14.5. The van der Waals surface area contributed by atoms with Gasteiger partial charge in [0.2, 0.25) is 5.91 Å². The highest BCUT2D eigenvalue weighted by atomic mass is 16.2. The number of amides is 1. The maximum atomic E-state index is 11.8. The maximum Gasteiger partial charge on any atom is 0.234 e. The van der Waals surface area contributed by atoms with Crippen molar-refractivity contribution in [2.45, 2.75) is 51.6 Å². The van der Waals surface area contributed by atoms with E-state index in [0.717, 1.165) is 38.8 Å². The number of nitrogens with zero attached hydrogens (tertiary/aromatic N) is 1. The van der Waals surface area contributed by atoms with E-state index in [4.69, 9.17) is 0 Å². The Hall–Kier alpha value is -0.610. The average molecular weight is 241 g/mol. The van der Waals surface area contributed by atoms with Gasteiger partial charge in [0, 0.05) is 25.2 Å². The standard InChI is InChI=1S/C13H27N3O/c1-4-11(5-2)15-13(17)10-16-8-6-12(14-3)7-9-16/h11-12,14H,4-10H2,1-3H3,(H,15,17). The van der Waals surface area contributed by atoms with Crippen molar-refractivity contribution in [3.8, 4) is 0 Å². The van der Waals surface area contributed by atoms with Gasteiger partial charge in [-0.1, -0.05) is 13.8 Å². The predicted octanol–water partition coefficient (Wildman–Crippen LogP) is 0.975. The third-order valence-electron chi connectivity index (χ3n) is 3.71. The van der Waals surface area contributed by atoms with Crippen LogP contribution >= 0.6 is 0 Å². The van der Waals surface area contributed by atoms with Crippen molar-refractivity contribution < 1.29 is 4.79 Å². The molecule has 0 aliphatic carbocycles. The van der Waals surface area contributed by atoms with Gasteiger partial charge < -0.3 is 10.6 Å². The van der Waals surface area contributed by atoms with Crippen LogP contribution in [0.2, 0.25) is 0 Å². The van der Waals surface area contributed by atoms with Crippen molar-refractivity contribution >= 4 is 5.91 Å². The summed E-state index contributed by atoms with van der Waals surface area (Å²) in [5.74, 6) is 0.182. The molecule has 0 atom stereocenters. The Morgan fingerprint density at radius 3 is 2.35 bits per heavy atom. The first-order chi connectivity index (χ1) is 8.19. The van der Waals surface area contributed by atoms with Crippen molar-refractivity contribution in [2.24, 2.45) is 0 Å². The zero-order valence-electron chi connectivity index (χ0n) is 11.5. The van der Waals surface area contributed by atoms with Crippen molar-refractivity contribution in [1.82, 2.24) is 15.5 Å². The summed E-state index contributed by atoms with van der Waals surface area (Å²) in [7, 11) is 2.01. The fraction of sp³-hybridized carbons (Fsp3) is 0.923. The second kappa shape index (κ2) is 7.67. The van der Waals surface area contributed by atoms with Crippen LogP contribution in [-0.2, 0) is 4.79 Å². The second-order valence-electron chi connectivity index (χ2n) is 4.92. The van der Waals surface area contributed by atoms with Gasteiger partial charge in [-0.3, -0.25) is 9.69 Å². The molecule has 1 amide bonds. The van der Waals surface area contributed by atoms with Crippen molar-refractivity contribution in [1.29, 1.82) is 0 Å². The van der Waals surface area contributed by atoms with Gasteiger partial charge in [0.25, 0.3) is 0 Å². The minimum atomic E-state index is 0.182. The highest BCUT2D eigenvalue weighted by Crippen LogP contribution is 2.09. The van der Waals surface area contributed by atoms with Crippen molar-refractivity contribution in [2.75, 3.05) is 26.7 Å². The van der Waals surface area contributed by atoms with E-state index in [1.165, 1.54) is 0 Å². The summed E-state index contributed by atoms with van der Waals surface area (Å²) in [6, 6.07) is 0.977. The van der Waals surface area contributed by atoms with E-state index in [1.54, 1.807) is 0 Å². The molecule has 1 rings (SSSR count). The lowest BCUT2D eigenvalue weighted by Gasteiger charge is -2.31. The molecule has 0 saturated carbocycles. The number of nitrogens with one attached hydrogen (secondary N) is 2. The Kier molecular flexibility index (Phi) is 6.52. The van der Waals surface area contributed by atoms with Crippen molar-refractivity contribution in [3.63, 3.8) is 0 Å². The number of piperidine rings is 1. The molecule has 1 aliphatic rings. The molecule has 4 nitrogen and oxygen atoms in total. The van der Waals surface area contributed by atoms with Gasteiger partial charge in [-0.2, -0.15) is 0 Å². The molecule has 0 aromatic rings. The summed E-state index contributed by atoms with van der Waals surface area (Å²) in [6.07, 6.45) is 4.33. The summed E-state index contributed by atoms with van der Waals surface area (Å²) in [4.78, 5) is 14.1. The molecule has 1 heterocycles. The monoisotopic (exact) mass is 241 g/mol. The Morgan fingerprint density at radius 2 is 1.88 bits per heavy atom. The lowest BCUT2D eigenvalue weighted by molar-refractivity contribution is -0.123. The molecule has 100 valence electrons. The maximum absolute atomic E-state index is 11.8. The first-order valence-electron chi connectivity index (χ1n) is 6.88. The van der Waals surface area contributed by atoms with Gasteiger partial charge in [0.05, 0.1) is 6.54 Å². The molecule has 1 aliphatic heterocycles. The molecule has 0 aromatic heterocycles. The fourth-order valence-corrected chi connectivity index (χ4v) is 2.35. The first-order valence-corrected chi connectivity index (χ1v) is 6.88. The molecule has 1 saturated heterocycles. The summed E-state index contributed by atoms with van der Waals surface area (Å²) in [5, 5.41) is 6.39. The van der Waals surface area contributed by atoms with Gasteiger partial charge in [-0.15, -0.1) is 0 Å². The van der Waals surface area contributed by atoms with E-state index >= 15 is 0 Å². The summed E-state index contributed by atoms with van der Waals surface area (Å²) >= 11 is 0. The molecule has 2 N–H and O–H groups in total. The Morgan fingerprint density at radius 1 is 1.29 bits per heavy atom. The summed E-state index contributed by atoms with van der Waals surface area (Å²) in [6.45, 7) is 6.86. The number of likely N-dealkylation sites (tertiary alicyclic amines) is 1. The molecule has 17 heavy (non-hydrogen) atoms. The zero-order chi connectivity index (χ0) is 12.7. The average Bonchev–Trinajstić information content (AvgIpc) is 2.37. The van der Waals surface area contributed by atoms with Crippen molar-refractivity contribution in [3.05, 3.63) is 0 Å². The lowest BCUT2D eigenvalue weighted by Crippen LogP contribution is -2.46. The molecular weight excluding hydrogens is 214 g/mol. The van der Waals surface area contributed by atoms with Gasteiger partial charge in [0.1, 0.15) is 0 Å². The van der Waals surface area contributed by atoms with E-state index in [-0.39, 0.29) is 5.91 Å². The molecule has 0 aromatic carbocycles. The van der Waals surface area contributed by atoms with Crippen LogP contribution in [0, 0.1) is 0 Å². The van der Waals surface area contributed by atoms with Gasteiger partial charge in [-0.25, -0.2) is 0 Å². The lowest BCUT2D eigenvalue weighted by atomic mass is 10.1. The van der Waals surface area contributed by atoms with Crippen LogP contribution in [0.3, 0.4) is 0 Å². The third-order valence-corrected chi connectivity index (χ3v) is 3.71. The molecule has 0 unspecified atom stereocenters. The molecule has 0 radical (unpaired) electrons. The molecule has 1 fully saturated rings. The van der Waals surface area contributed by atoms with Gasteiger partial charge >= 0.3 is 0 Å². The Balaban J connectivity index is 2.23. The third kappa shape index (κ3) is 5.04. The van der Waals surface area contributed by atoms with E-state index < -0.39 is 0 Å². The van der Waals surface area contributed by atoms with Crippen LogP contribution in [-0.4, -0.2) is 49.6 Å². The molecule has 4 heteroatoms. The fourth-order valence-electron chi connectivity index (χ4n) is 2.35. The second-order valence-corrected chi connectivity index (χ2v) is 4.92. The number of rotatable bonds is 6. The summed E-state index contributed by atoms with van der Waals surface area (Å²) < 4.78 is 0. The summed E-state index contributed by atoms with van der Waals surface area (Å²) in [5.41, 5.74) is 0. The molecule has 0 bridgehead atoms. The number of carbonyl (C=O) groups excluding carboxylic acids is 1. The Labute approximate surface area is 105 Å². The topological polar surface area (TPSA) is 44.4 Å². The van der Waals surface area contributed by atoms with E-state index in [1.807, 2.05) is 7.05 Å². The largest absolute Gasteiger partial charge is 0.352 e. The van der Waals surface area contributed by atoms with E-state index in [2.05, 4.69) is 29.4 Å². The van der Waals surface area contributed by atoms with Crippen LogP contribution in [0.15, 0.2) is 0 Å².